The van der Waals surface area contributed by atoms with Crippen LogP contribution < -0.4 is 0 Å². The monoisotopic (exact) mass is 1080 g/mol. The molecule has 0 amide bonds. The highest BCUT2D eigenvalue weighted by Crippen LogP contribution is 2.78. The standard InChI is InChI=1S/C61H52F6N4O4S2/c1-53(2)54(3,4)69(73)51(68(53)72)39-23-19-35(20-24-39)33-11-15-37(16-12-33)41-27-29-43-45(31-41)76-57(9)47(43)49-50(60(64,65)61(66,67)59(49,62)63)48-44-30-28-42(32-46(44)77-58(48,57)10)38-17-13-34(14-18-38)36-21-25-40(26-22-36)52-70(74)55(5,6)56(7,8)71(52)75/h11-32H,1-10H3/t57-,58-/m1/s1. The number of hydrogen-bond donors (Lipinski definition) is 0. The molecule has 6 aromatic rings. The molecule has 16 heteroatoms. The van der Waals surface area contributed by atoms with Gasteiger partial charge in [0.15, 0.2) is 11.1 Å². The van der Waals surface area contributed by atoms with Crippen molar-refractivity contribution >= 4 is 46.3 Å². The second kappa shape index (κ2) is 15.9. The second-order valence-corrected chi connectivity index (χ2v) is 26.2. The lowest BCUT2D eigenvalue weighted by Crippen LogP contribution is -2.53. The molecule has 4 aliphatic heterocycles. The first-order chi connectivity index (χ1) is 35.9. The van der Waals surface area contributed by atoms with E-state index >= 15 is 26.3 Å². The summed E-state index contributed by atoms with van der Waals surface area (Å²) in [6, 6.07) is 39.6. The Labute approximate surface area is 450 Å². The van der Waals surface area contributed by atoms with Gasteiger partial charge in [0, 0.05) is 31.4 Å². The fourth-order valence-electron chi connectivity index (χ4n) is 11.9. The number of hydroxylamine groups is 6. The molecular weight excluding hydrogens is 1030 g/mol. The number of halogens is 6. The lowest BCUT2D eigenvalue weighted by Gasteiger charge is -2.47. The minimum absolute atomic E-state index is 0.0375. The van der Waals surface area contributed by atoms with Gasteiger partial charge < -0.3 is 10.4 Å². The van der Waals surface area contributed by atoms with Crippen LogP contribution in [0.4, 0.5) is 26.3 Å². The van der Waals surface area contributed by atoms with Crippen molar-refractivity contribution in [2.45, 2.75) is 128 Å². The first-order valence-corrected chi connectivity index (χ1v) is 26.9. The molecule has 0 aromatic heterocycles. The quantitative estimate of drug-likeness (QED) is 0.0936. The molecule has 8 nitrogen and oxygen atoms in total. The van der Waals surface area contributed by atoms with E-state index in [1.165, 1.54) is 23.5 Å². The van der Waals surface area contributed by atoms with Crippen LogP contribution in [0, 0.1) is 10.4 Å². The van der Waals surface area contributed by atoms with Gasteiger partial charge >= 0.3 is 29.4 Å². The van der Waals surface area contributed by atoms with Crippen LogP contribution in [0.2, 0.25) is 0 Å². The van der Waals surface area contributed by atoms with E-state index in [1.54, 1.807) is 130 Å². The summed E-state index contributed by atoms with van der Waals surface area (Å²) in [4.78, 5) is 0.992. The highest BCUT2D eigenvalue weighted by Gasteiger charge is 2.85. The summed E-state index contributed by atoms with van der Waals surface area (Å²) in [5.41, 5.74) is 0.719. The van der Waals surface area contributed by atoms with Crippen molar-refractivity contribution in [3.05, 3.63) is 177 Å². The van der Waals surface area contributed by atoms with Crippen molar-refractivity contribution in [3.8, 4) is 44.5 Å². The van der Waals surface area contributed by atoms with Crippen LogP contribution in [-0.4, -0.2) is 80.7 Å². The minimum Gasteiger partial charge on any atom is -0.714 e. The summed E-state index contributed by atoms with van der Waals surface area (Å²) in [5, 5.41) is 54.6. The van der Waals surface area contributed by atoms with Crippen molar-refractivity contribution < 1.29 is 46.2 Å². The Bertz CT molecular complexity index is 3460. The Morgan fingerprint density at radius 1 is 0.377 bits per heavy atom. The topological polar surface area (TPSA) is 98.4 Å². The molecule has 0 unspecified atom stereocenters. The molecule has 0 bridgehead atoms. The van der Waals surface area contributed by atoms with E-state index < -0.39 is 60.6 Å². The van der Waals surface area contributed by atoms with Gasteiger partial charge in [0.25, 0.3) is 0 Å². The van der Waals surface area contributed by atoms with E-state index in [-0.39, 0.29) is 33.9 Å². The maximum absolute atomic E-state index is 16.5. The van der Waals surface area contributed by atoms with E-state index in [4.69, 9.17) is 0 Å². The van der Waals surface area contributed by atoms with Crippen molar-refractivity contribution in [1.82, 2.24) is 10.1 Å². The lowest BCUT2D eigenvalue weighted by atomic mass is 9.68. The van der Waals surface area contributed by atoms with E-state index in [0.717, 1.165) is 53.0 Å². The van der Waals surface area contributed by atoms with Gasteiger partial charge in [-0.25, -0.2) is 0 Å². The largest absolute Gasteiger partial charge is 0.714 e. The summed E-state index contributed by atoms with van der Waals surface area (Å²) in [5.74, 6) is -16.1. The number of benzene rings is 6. The third kappa shape index (κ3) is 6.41. The zero-order chi connectivity index (χ0) is 55.3. The van der Waals surface area contributed by atoms with Gasteiger partial charge in [0.1, 0.15) is 11.1 Å². The fraction of sp³-hybridized carbons (Fsp3) is 0.311. The number of allylic oxidation sites excluding steroid dienone is 2. The number of rotatable bonds is 6. The van der Waals surface area contributed by atoms with Crippen molar-refractivity contribution in [2.24, 2.45) is 0 Å². The summed E-state index contributed by atoms with van der Waals surface area (Å²) in [7, 11) is 0. The molecule has 4 heterocycles. The molecule has 1 saturated carbocycles. The van der Waals surface area contributed by atoms with Crippen LogP contribution in [0.25, 0.3) is 55.7 Å². The molecule has 77 heavy (non-hydrogen) atoms. The number of hydrogen-bond acceptors (Lipinski definition) is 6. The Kier molecular flexibility index (Phi) is 10.6. The van der Waals surface area contributed by atoms with Gasteiger partial charge in [-0.2, -0.15) is 26.3 Å². The SMILES string of the molecule is CC1(C)N([O])C(c2ccc(-c3ccc(-c4ccc5c(c4)S[C@]4(C)C5=C5C(=C6c7ccc(-c8ccc(-c9ccc(C%10=[N+]([O-])C(C)(C)C(C)(C)N%10[O])cc9)cc8)cc7S[C@]64C)C(F)(F)C(F)(F)C5(F)F)cc3)cc2)=[N+]([O-])C1(C)C. The van der Waals surface area contributed by atoms with Gasteiger partial charge in [-0.3, -0.25) is 9.48 Å². The average molecular weight is 1080 g/mol. The van der Waals surface area contributed by atoms with Gasteiger partial charge in [-0.1, -0.05) is 107 Å². The second-order valence-electron chi connectivity index (χ2n) is 23.3. The number of alkyl halides is 6. The van der Waals surface area contributed by atoms with E-state index in [2.05, 4.69) is 0 Å². The average Bonchev–Trinajstić information content (AvgIpc) is 4.16. The lowest BCUT2D eigenvalue weighted by molar-refractivity contribution is -0.539. The van der Waals surface area contributed by atoms with Crippen molar-refractivity contribution in [3.63, 3.8) is 0 Å². The van der Waals surface area contributed by atoms with E-state index in [9.17, 15) is 20.8 Å². The molecule has 2 aliphatic carbocycles. The predicted molar refractivity (Wildman–Crippen MR) is 289 cm³/mol. The van der Waals surface area contributed by atoms with E-state index in [0.29, 0.717) is 32.0 Å². The zero-order valence-corrected chi connectivity index (χ0v) is 45.3. The van der Waals surface area contributed by atoms with Gasteiger partial charge in [0.2, 0.25) is 0 Å². The minimum atomic E-state index is -5.71. The maximum Gasteiger partial charge on any atom is 0.380 e. The van der Waals surface area contributed by atoms with E-state index in [1.807, 2.05) is 72.8 Å². The van der Waals surface area contributed by atoms with Crippen LogP contribution in [0.1, 0.15) is 91.5 Å². The molecule has 6 aromatic carbocycles. The van der Waals surface area contributed by atoms with Crippen LogP contribution in [0.5, 0.6) is 0 Å². The Morgan fingerprint density at radius 3 is 0.883 bits per heavy atom. The molecule has 12 rings (SSSR count). The molecule has 0 spiro atoms. The summed E-state index contributed by atoms with van der Waals surface area (Å²) >= 11 is 2.44. The zero-order valence-electron chi connectivity index (χ0n) is 43.7. The molecule has 6 aliphatic rings. The molecule has 2 radical (unpaired) electrons. The predicted octanol–water partition coefficient (Wildman–Crippen LogP) is 15.2. The summed E-state index contributed by atoms with van der Waals surface area (Å²) in [6.07, 6.45) is 0. The molecule has 1 fully saturated rings. The Balaban J connectivity index is 0.855. The summed E-state index contributed by atoms with van der Waals surface area (Å²) in [6.45, 7) is 17.3. The van der Waals surface area contributed by atoms with Crippen LogP contribution in [-0.2, 0) is 10.4 Å². The first kappa shape index (κ1) is 51.3. The van der Waals surface area contributed by atoms with Crippen molar-refractivity contribution in [2.75, 3.05) is 0 Å². The first-order valence-electron chi connectivity index (χ1n) is 25.2. The number of amidine groups is 2. The highest BCUT2D eigenvalue weighted by atomic mass is 32.2. The van der Waals surface area contributed by atoms with Gasteiger partial charge in [-0.05, 0) is 172 Å². The Hall–Kier alpha value is -6.46. The normalized spacial score (nSPS) is 25.3. The number of nitrogens with zero attached hydrogens (tertiary/aromatic N) is 4. The molecule has 0 N–H and O–H groups in total. The van der Waals surface area contributed by atoms with Crippen LogP contribution in [0.3, 0.4) is 0 Å². The Morgan fingerprint density at radius 2 is 0.623 bits per heavy atom. The van der Waals surface area contributed by atoms with Crippen LogP contribution >= 0.6 is 23.5 Å². The third-order valence-electron chi connectivity index (χ3n) is 18.3. The molecule has 0 saturated heterocycles. The smallest absolute Gasteiger partial charge is 0.380 e. The number of thioether (sulfide) groups is 2. The summed E-state index contributed by atoms with van der Waals surface area (Å²) < 4.78 is 96.7. The third-order valence-corrected chi connectivity index (χ3v) is 21.6. The van der Waals surface area contributed by atoms with Gasteiger partial charge in [-0.15, -0.1) is 23.5 Å². The fourth-order valence-corrected chi connectivity index (χ4v) is 15.2. The van der Waals surface area contributed by atoms with Crippen LogP contribution in [0.15, 0.2) is 154 Å². The molecule has 2 atom stereocenters. The van der Waals surface area contributed by atoms with Crippen molar-refractivity contribution in [1.29, 1.82) is 0 Å². The molecule has 394 valence electrons. The maximum atomic E-state index is 16.5. The highest BCUT2D eigenvalue weighted by molar-refractivity contribution is 8.06. The number of fused-ring (bicyclic) bond motifs is 8. The van der Waals surface area contributed by atoms with Gasteiger partial charge in [0.05, 0.1) is 20.6 Å². The molecular formula is C61H52F6N4O4S2.